The average Bonchev–Trinajstić information content (AvgIpc) is 2.76. The summed E-state index contributed by atoms with van der Waals surface area (Å²) in [6.45, 7) is 10.7. The molecule has 1 heterocycles. The minimum Gasteiger partial charge on any atom is -0.378 e. The van der Waals surface area contributed by atoms with Crippen molar-refractivity contribution in [3.05, 3.63) is 0 Å². The number of hydrogen-bond acceptors (Lipinski definition) is 2. The molecule has 1 saturated heterocycles. The summed E-state index contributed by atoms with van der Waals surface area (Å²) >= 11 is 0. The molecule has 1 rings (SSSR count). The second-order valence-corrected chi connectivity index (χ2v) is 6.28. The Labute approximate surface area is 113 Å². The Morgan fingerprint density at radius 1 is 1.39 bits per heavy atom. The first-order valence-electron chi connectivity index (χ1n) is 7.36. The molecule has 0 saturated carbocycles. The molecule has 0 aromatic carbocycles. The Balaban J connectivity index is 2.40. The van der Waals surface area contributed by atoms with Crippen LogP contribution in [0.3, 0.4) is 0 Å². The van der Waals surface area contributed by atoms with Crippen LogP contribution in [0.5, 0.6) is 0 Å². The van der Waals surface area contributed by atoms with Crippen molar-refractivity contribution in [3.63, 3.8) is 0 Å². The van der Waals surface area contributed by atoms with Crippen LogP contribution in [0.25, 0.3) is 0 Å². The Kier molecular flexibility index (Phi) is 6.75. The first-order chi connectivity index (χ1) is 8.51. The lowest BCUT2D eigenvalue weighted by Gasteiger charge is -2.20. The fourth-order valence-corrected chi connectivity index (χ4v) is 2.17. The van der Waals surface area contributed by atoms with E-state index >= 15 is 0 Å². The minimum atomic E-state index is 0.110. The van der Waals surface area contributed by atoms with Crippen molar-refractivity contribution in [1.82, 2.24) is 5.32 Å². The highest BCUT2D eigenvalue weighted by Crippen LogP contribution is 2.18. The fourth-order valence-electron chi connectivity index (χ4n) is 2.17. The van der Waals surface area contributed by atoms with E-state index in [4.69, 9.17) is 4.74 Å². The van der Waals surface area contributed by atoms with E-state index < -0.39 is 0 Å². The lowest BCUT2D eigenvalue weighted by atomic mass is 9.97. The van der Waals surface area contributed by atoms with Gasteiger partial charge in [-0.3, -0.25) is 0 Å². The van der Waals surface area contributed by atoms with Crippen LogP contribution in [0.15, 0.2) is 0 Å². The summed E-state index contributed by atoms with van der Waals surface area (Å²) in [5, 5.41) is 3.60. The standard InChI is InChI=1S/C16H29NO/c1-5-11-17-14(8-6-10-16(2,3)4)13-15-9-7-12-18-15/h14-15,17H,5,7-9,11-13H2,1-4H3. The van der Waals surface area contributed by atoms with Gasteiger partial charge in [0.1, 0.15) is 0 Å². The van der Waals surface area contributed by atoms with Gasteiger partial charge in [-0.2, -0.15) is 0 Å². The third-order valence-electron chi connectivity index (χ3n) is 3.07. The van der Waals surface area contributed by atoms with E-state index in [1.165, 1.54) is 19.3 Å². The SMILES string of the molecule is CCCNC(CC#CC(C)(C)C)CC1CCCO1. The predicted octanol–water partition coefficient (Wildman–Crippen LogP) is 3.36. The molecule has 0 amide bonds. The van der Waals surface area contributed by atoms with Gasteiger partial charge in [0.05, 0.1) is 6.10 Å². The van der Waals surface area contributed by atoms with E-state index in [2.05, 4.69) is 44.9 Å². The summed E-state index contributed by atoms with van der Waals surface area (Å²) in [5.74, 6) is 6.66. The molecular weight excluding hydrogens is 222 g/mol. The van der Waals surface area contributed by atoms with Crippen LogP contribution in [-0.2, 0) is 4.74 Å². The fraction of sp³-hybridized carbons (Fsp3) is 0.875. The first kappa shape index (κ1) is 15.5. The van der Waals surface area contributed by atoms with Crippen molar-refractivity contribution < 1.29 is 4.74 Å². The van der Waals surface area contributed by atoms with Crippen molar-refractivity contribution in [1.29, 1.82) is 0 Å². The zero-order valence-electron chi connectivity index (χ0n) is 12.5. The summed E-state index contributed by atoms with van der Waals surface area (Å²) in [6.07, 6.45) is 6.12. The van der Waals surface area contributed by atoms with Gasteiger partial charge >= 0.3 is 0 Å². The largest absolute Gasteiger partial charge is 0.378 e. The van der Waals surface area contributed by atoms with Crippen molar-refractivity contribution in [2.24, 2.45) is 5.41 Å². The maximum absolute atomic E-state index is 5.72. The van der Waals surface area contributed by atoms with E-state index in [1.807, 2.05) is 0 Å². The van der Waals surface area contributed by atoms with E-state index in [-0.39, 0.29) is 5.41 Å². The summed E-state index contributed by atoms with van der Waals surface area (Å²) in [5.41, 5.74) is 0.110. The van der Waals surface area contributed by atoms with Crippen LogP contribution < -0.4 is 5.32 Å². The van der Waals surface area contributed by atoms with Gasteiger partial charge in [0, 0.05) is 24.5 Å². The maximum Gasteiger partial charge on any atom is 0.0591 e. The molecule has 2 heteroatoms. The summed E-state index contributed by atoms with van der Waals surface area (Å²) < 4.78 is 5.72. The molecule has 1 fully saturated rings. The van der Waals surface area contributed by atoms with Crippen molar-refractivity contribution >= 4 is 0 Å². The molecule has 2 atom stereocenters. The molecule has 1 aliphatic heterocycles. The zero-order chi connectivity index (χ0) is 13.4. The smallest absolute Gasteiger partial charge is 0.0591 e. The molecule has 0 bridgehead atoms. The Morgan fingerprint density at radius 2 is 2.17 bits per heavy atom. The van der Waals surface area contributed by atoms with E-state index in [1.54, 1.807) is 0 Å². The van der Waals surface area contributed by atoms with Gasteiger partial charge in [-0.15, -0.1) is 5.92 Å². The van der Waals surface area contributed by atoms with Crippen molar-refractivity contribution in [2.45, 2.75) is 71.9 Å². The third-order valence-corrected chi connectivity index (χ3v) is 3.07. The van der Waals surface area contributed by atoms with Gasteiger partial charge < -0.3 is 10.1 Å². The normalized spacial score (nSPS) is 21.4. The number of nitrogens with one attached hydrogen (secondary N) is 1. The van der Waals surface area contributed by atoms with Crippen LogP contribution in [0, 0.1) is 17.3 Å². The predicted molar refractivity (Wildman–Crippen MR) is 77.5 cm³/mol. The molecule has 2 nitrogen and oxygen atoms in total. The molecule has 2 unspecified atom stereocenters. The highest BCUT2D eigenvalue weighted by Gasteiger charge is 2.19. The van der Waals surface area contributed by atoms with Gasteiger partial charge in [0.25, 0.3) is 0 Å². The quantitative estimate of drug-likeness (QED) is 0.731. The lowest BCUT2D eigenvalue weighted by Crippen LogP contribution is -2.33. The number of rotatable bonds is 6. The van der Waals surface area contributed by atoms with E-state index in [9.17, 15) is 0 Å². The Hall–Kier alpha value is -0.520. The van der Waals surface area contributed by atoms with Crippen LogP contribution in [0.2, 0.25) is 0 Å². The molecule has 18 heavy (non-hydrogen) atoms. The van der Waals surface area contributed by atoms with Crippen LogP contribution in [0.4, 0.5) is 0 Å². The molecule has 0 aromatic rings. The van der Waals surface area contributed by atoms with Gasteiger partial charge in [0.15, 0.2) is 0 Å². The van der Waals surface area contributed by atoms with E-state index in [0.29, 0.717) is 12.1 Å². The summed E-state index contributed by atoms with van der Waals surface area (Å²) in [4.78, 5) is 0. The molecule has 104 valence electrons. The molecule has 0 radical (unpaired) electrons. The van der Waals surface area contributed by atoms with Gasteiger partial charge in [-0.05, 0) is 53.0 Å². The van der Waals surface area contributed by atoms with Crippen LogP contribution in [-0.4, -0.2) is 25.3 Å². The maximum atomic E-state index is 5.72. The van der Waals surface area contributed by atoms with Gasteiger partial charge in [0.2, 0.25) is 0 Å². The molecule has 1 aliphatic rings. The van der Waals surface area contributed by atoms with Crippen molar-refractivity contribution in [2.75, 3.05) is 13.2 Å². The number of hydrogen-bond donors (Lipinski definition) is 1. The second kappa shape index (κ2) is 7.81. The molecule has 0 spiro atoms. The van der Waals surface area contributed by atoms with Crippen molar-refractivity contribution in [3.8, 4) is 11.8 Å². The van der Waals surface area contributed by atoms with Crippen LogP contribution >= 0.6 is 0 Å². The molecular formula is C16H29NO. The Bertz CT molecular complexity index is 276. The minimum absolute atomic E-state index is 0.110. The third kappa shape index (κ3) is 7.03. The number of ether oxygens (including phenoxy) is 1. The monoisotopic (exact) mass is 251 g/mol. The average molecular weight is 251 g/mol. The summed E-state index contributed by atoms with van der Waals surface area (Å²) in [6, 6.07) is 0.489. The van der Waals surface area contributed by atoms with Gasteiger partial charge in [-0.25, -0.2) is 0 Å². The second-order valence-electron chi connectivity index (χ2n) is 6.28. The molecule has 0 aromatic heterocycles. The Morgan fingerprint density at radius 3 is 2.72 bits per heavy atom. The topological polar surface area (TPSA) is 21.3 Å². The highest BCUT2D eigenvalue weighted by atomic mass is 16.5. The van der Waals surface area contributed by atoms with Gasteiger partial charge in [-0.1, -0.05) is 12.8 Å². The van der Waals surface area contributed by atoms with Crippen LogP contribution in [0.1, 0.15) is 59.8 Å². The van der Waals surface area contributed by atoms with E-state index in [0.717, 1.165) is 26.0 Å². The zero-order valence-corrected chi connectivity index (χ0v) is 12.5. The summed E-state index contributed by atoms with van der Waals surface area (Å²) in [7, 11) is 0. The first-order valence-corrected chi connectivity index (χ1v) is 7.36. The molecule has 0 aliphatic carbocycles. The lowest BCUT2D eigenvalue weighted by molar-refractivity contribution is 0.0950. The molecule has 1 N–H and O–H groups in total. The highest BCUT2D eigenvalue weighted by molar-refractivity contribution is 5.08.